The number of nitrogens with zero attached hydrogens (tertiary/aromatic N) is 3. The molecule has 1 amide bonds. The molecular weight excluding hydrogens is 300 g/mol. The molecule has 2 aliphatic rings. The molecule has 5 nitrogen and oxygen atoms in total. The lowest BCUT2D eigenvalue weighted by Gasteiger charge is -2.35. The first-order valence-electron chi connectivity index (χ1n) is 9.13. The molecule has 0 radical (unpaired) electrons. The van der Waals surface area contributed by atoms with E-state index in [4.69, 9.17) is 0 Å². The van der Waals surface area contributed by atoms with Crippen LogP contribution in [0.15, 0.2) is 24.5 Å². The maximum absolute atomic E-state index is 12.7. The normalized spacial score (nSPS) is 22.2. The van der Waals surface area contributed by atoms with E-state index in [1.165, 1.54) is 12.8 Å². The Morgan fingerprint density at radius 2 is 2.12 bits per heavy atom. The van der Waals surface area contributed by atoms with Crippen LogP contribution in [0.5, 0.6) is 0 Å². The number of nitrogens with one attached hydrogen (secondary N) is 1. The lowest BCUT2D eigenvalue weighted by Crippen LogP contribution is -2.49. The van der Waals surface area contributed by atoms with Crippen LogP contribution in [0.3, 0.4) is 0 Å². The predicted octanol–water partition coefficient (Wildman–Crippen LogP) is 2.97. The van der Waals surface area contributed by atoms with E-state index in [0.29, 0.717) is 12.1 Å². The highest BCUT2D eigenvalue weighted by atomic mass is 16.1. The molecule has 1 unspecified atom stereocenters. The van der Waals surface area contributed by atoms with Gasteiger partial charge in [0.25, 0.3) is 5.91 Å². The van der Waals surface area contributed by atoms with Crippen molar-refractivity contribution < 1.29 is 4.79 Å². The van der Waals surface area contributed by atoms with Gasteiger partial charge in [-0.1, -0.05) is 0 Å². The number of imidazole rings is 1. The Labute approximate surface area is 143 Å². The standard InChI is InChI=1S/C19H26N4O/c1-13(2)22-9-3-4-15(11-22)21-19(24)14-5-8-17-18(10-14)23(12-20-17)16-6-7-16/h5,8,10,12-13,15-16H,3-4,6-7,9,11H2,1-2H3,(H,21,24). The number of hydrogen-bond donors (Lipinski definition) is 1. The third-order valence-electron chi connectivity index (χ3n) is 5.30. The average Bonchev–Trinajstić information content (AvgIpc) is 3.34. The summed E-state index contributed by atoms with van der Waals surface area (Å²) < 4.78 is 2.22. The number of carbonyl (C=O) groups excluding carboxylic acids is 1. The van der Waals surface area contributed by atoms with Gasteiger partial charge in [-0.15, -0.1) is 0 Å². The fraction of sp³-hybridized carbons (Fsp3) is 0.579. The van der Waals surface area contributed by atoms with E-state index in [2.05, 4.69) is 33.6 Å². The Morgan fingerprint density at radius 3 is 2.88 bits per heavy atom. The average molecular weight is 326 g/mol. The number of likely N-dealkylation sites (tertiary alicyclic amines) is 1. The van der Waals surface area contributed by atoms with Crippen LogP contribution in [-0.2, 0) is 0 Å². The van der Waals surface area contributed by atoms with Crippen molar-refractivity contribution >= 4 is 16.9 Å². The minimum Gasteiger partial charge on any atom is -0.348 e. The van der Waals surface area contributed by atoms with Gasteiger partial charge in [0.15, 0.2) is 0 Å². The third-order valence-corrected chi connectivity index (χ3v) is 5.30. The molecular formula is C19H26N4O. The van der Waals surface area contributed by atoms with Crippen LogP contribution >= 0.6 is 0 Å². The highest BCUT2D eigenvalue weighted by molar-refractivity contribution is 5.97. The van der Waals surface area contributed by atoms with Crippen molar-refractivity contribution in [2.45, 2.75) is 57.7 Å². The molecule has 1 aromatic carbocycles. The fourth-order valence-electron chi connectivity index (χ4n) is 3.67. The molecule has 24 heavy (non-hydrogen) atoms. The molecule has 5 heteroatoms. The van der Waals surface area contributed by atoms with Crippen molar-refractivity contribution in [2.75, 3.05) is 13.1 Å². The third kappa shape index (κ3) is 3.05. The van der Waals surface area contributed by atoms with E-state index < -0.39 is 0 Å². The highest BCUT2D eigenvalue weighted by Gasteiger charge is 2.26. The smallest absolute Gasteiger partial charge is 0.251 e. The summed E-state index contributed by atoms with van der Waals surface area (Å²) in [6.07, 6.45) is 6.56. The predicted molar refractivity (Wildman–Crippen MR) is 95.2 cm³/mol. The van der Waals surface area contributed by atoms with E-state index in [1.807, 2.05) is 24.5 Å². The maximum Gasteiger partial charge on any atom is 0.251 e. The Bertz CT molecular complexity index is 747. The largest absolute Gasteiger partial charge is 0.348 e. The number of benzene rings is 1. The van der Waals surface area contributed by atoms with Crippen LogP contribution in [0.4, 0.5) is 0 Å². The van der Waals surface area contributed by atoms with Gasteiger partial charge in [0.05, 0.1) is 17.4 Å². The number of piperidine rings is 1. The van der Waals surface area contributed by atoms with Crippen molar-refractivity contribution in [2.24, 2.45) is 0 Å². The van der Waals surface area contributed by atoms with Crippen LogP contribution in [0.1, 0.15) is 55.9 Å². The monoisotopic (exact) mass is 326 g/mol. The summed E-state index contributed by atoms with van der Waals surface area (Å²) >= 11 is 0. The Morgan fingerprint density at radius 1 is 1.29 bits per heavy atom. The first-order valence-corrected chi connectivity index (χ1v) is 9.13. The van der Waals surface area contributed by atoms with Crippen LogP contribution in [-0.4, -0.2) is 45.5 Å². The summed E-state index contributed by atoms with van der Waals surface area (Å²) in [5.74, 6) is 0.0380. The van der Waals surface area contributed by atoms with Gasteiger partial charge in [-0.3, -0.25) is 9.69 Å². The number of carbonyl (C=O) groups is 1. The molecule has 1 atom stereocenters. The summed E-state index contributed by atoms with van der Waals surface area (Å²) in [5, 5.41) is 3.23. The second-order valence-electron chi connectivity index (χ2n) is 7.49. The lowest BCUT2D eigenvalue weighted by atomic mass is 10.0. The second kappa shape index (κ2) is 6.20. The molecule has 1 aliphatic carbocycles. The van der Waals surface area contributed by atoms with E-state index >= 15 is 0 Å². The van der Waals surface area contributed by atoms with Crippen LogP contribution < -0.4 is 5.32 Å². The van der Waals surface area contributed by atoms with Crippen molar-refractivity contribution in [3.05, 3.63) is 30.1 Å². The fourth-order valence-corrected chi connectivity index (χ4v) is 3.67. The second-order valence-corrected chi connectivity index (χ2v) is 7.49. The number of rotatable bonds is 4. The van der Waals surface area contributed by atoms with Gasteiger partial charge in [0, 0.05) is 30.2 Å². The number of amides is 1. The van der Waals surface area contributed by atoms with Gasteiger partial charge in [0.2, 0.25) is 0 Å². The highest BCUT2D eigenvalue weighted by Crippen LogP contribution is 2.37. The van der Waals surface area contributed by atoms with Gasteiger partial charge < -0.3 is 9.88 Å². The molecule has 2 fully saturated rings. The first kappa shape index (κ1) is 15.6. The molecule has 2 heterocycles. The molecule has 1 aliphatic heterocycles. The summed E-state index contributed by atoms with van der Waals surface area (Å²) in [7, 11) is 0. The molecule has 1 N–H and O–H groups in total. The van der Waals surface area contributed by atoms with Gasteiger partial charge in [0.1, 0.15) is 0 Å². The van der Waals surface area contributed by atoms with Gasteiger partial charge in [-0.25, -0.2) is 4.98 Å². The van der Waals surface area contributed by atoms with Crippen LogP contribution in [0, 0.1) is 0 Å². The first-order chi connectivity index (χ1) is 11.6. The molecule has 0 spiro atoms. The van der Waals surface area contributed by atoms with Crippen LogP contribution in [0.2, 0.25) is 0 Å². The van der Waals surface area contributed by atoms with Crippen molar-refractivity contribution in [1.82, 2.24) is 19.8 Å². The molecule has 1 saturated carbocycles. The summed E-state index contributed by atoms with van der Waals surface area (Å²) in [6.45, 7) is 6.52. The molecule has 128 valence electrons. The van der Waals surface area contributed by atoms with E-state index in [9.17, 15) is 4.79 Å². The zero-order valence-corrected chi connectivity index (χ0v) is 14.5. The summed E-state index contributed by atoms with van der Waals surface area (Å²) in [6, 6.07) is 7.21. The van der Waals surface area contributed by atoms with Crippen LogP contribution in [0.25, 0.3) is 11.0 Å². The van der Waals surface area contributed by atoms with E-state index in [0.717, 1.165) is 42.5 Å². The van der Waals surface area contributed by atoms with Gasteiger partial charge >= 0.3 is 0 Å². The van der Waals surface area contributed by atoms with E-state index in [-0.39, 0.29) is 11.9 Å². The Balaban J connectivity index is 1.49. The summed E-state index contributed by atoms with van der Waals surface area (Å²) in [5.41, 5.74) is 2.80. The van der Waals surface area contributed by atoms with Crippen molar-refractivity contribution in [3.8, 4) is 0 Å². The number of hydrogen-bond acceptors (Lipinski definition) is 3. The molecule has 1 aromatic heterocycles. The minimum absolute atomic E-state index is 0.0380. The molecule has 2 aromatic rings. The maximum atomic E-state index is 12.7. The molecule has 1 saturated heterocycles. The Hall–Kier alpha value is -1.88. The van der Waals surface area contributed by atoms with Crippen molar-refractivity contribution in [3.63, 3.8) is 0 Å². The Kier molecular flexibility index (Phi) is 4.04. The quantitative estimate of drug-likeness (QED) is 0.940. The number of fused-ring (bicyclic) bond motifs is 1. The topological polar surface area (TPSA) is 50.2 Å². The zero-order chi connectivity index (χ0) is 16.7. The zero-order valence-electron chi connectivity index (χ0n) is 14.5. The van der Waals surface area contributed by atoms with Gasteiger partial charge in [-0.05, 0) is 64.3 Å². The van der Waals surface area contributed by atoms with Gasteiger partial charge in [-0.2, -0.15) is 0 Å². The summed E-state index contributed by atoms with van der Waals surface area (Å²) in [4.78, 5) is 19.6. The SMILES string of the molecule is CC(C)N1CCCC(NC(=O)c2ccc3ncn(C4CC4)c3c2)C1. The number of aromatic nitrogens is 2. The lowest BCUT2D eigenvalue weighted by molar-refractivity contribution is 0.0886. The van der Waals surface area contributed by atoms with E-state index in [1.54, 1.807) is 0 Å². The van der Waals surface area contributed by atoms with Crippen molar-refractivity contribution in [1.29, 1.82) is 0 Å². The molecule has 4 rings (SSSR count). The minimum atomic E-state index is 0.0380. The molecule has 0 bridgehead atoms.